The van der Waals surface area contributed by atoms with Crippen molar-refractivity contribution in [2.24, 2.45) is 0 Å². The summed E-state index contributed by atoms with van der Waals surface area (Å²) in [6, 6.07) is 7.62. The van der Waals surface area contributed by atoms with Gasteiger partial charge in [-0.15, -0.1) is 0 Å². The van der Waals surface area contributed by atoms with Crippen LogP contribution in [0.15, 0.2) is 36.4 Å². The van der Waals surface area contributed by atoms with E-state index in [-0.39, 0.29) is 5.91 Å². The van der Waals surface area contributed by atoms with Gasteiger partial charge in [0, 0.05) is 9.14 Å². The van der Waals surface area contributed by atoms with E-state index in [1.165, 1.54) is 0 Å². The predicted molar refractivity (Wildman–Crippen MR) is 62.6 cm³/mol. The molecular weight excluding hydrogens is 277 g/mol. The molecule has 0 bridgehead atoms. The number of hydrogen-bond donors (Lipinski definition) is 1. The maximum absolute atomic E-state index is 11.3. The molecule has 0 saturated carbocycles. The molecule has 0 radical (unpaired) electrons. The molecule has 1 N–H and O–H groups in total. The first-order valence-corrected chi connectivity index (χ1v) is 4.90. The molecule has 0 aliphatic heterocycles. The summed E-state index contributed by atoms with van der Waals surface area (Å²) in [4.78, 5) is 11.3. The second-order valence-corrected chi connectivity index (χ2v) is 3.88. The molecule has 0 aliphatic carbocycles. The van der Waals surface area contributed by atoms with Crippen LogP contribution in [0.4, 0.5) is 5.69 Å². The second-order valence-electron chi connectivity index (χ2n) is 2.71. The minimum atomic E-state index is -0.135. The van der Waals surface area contributed by atoms with E-state index in [1.54, 1.807) is 6.92 Å². The van der Waals surface area contributed by atoms with Gasteiger partial charge in [-0.2, -0.15) is 0 Å². The van der Waals surface area contributed by atoms with Crippen LogP contribution in [0.2, 0.25) is 0 Å². The monoisotopic (exact) mass is 287 g/mol. The highest BCUT2D eigenvalue weighted by Crippen LogP contribution is 2.17. The molecule has 68 valence electrons. The van der Waals surface area contributed by atoms with Crippen molar-refractivity contribution in [3.63, 3.8) is 0 Å². The minimum Gasteiger partial charge on any atom is -0.321 e. The Kier molecular flexibility index (Phi) is 3.48. The lowest BCUT2D eigenvalue weighted by Crippen LogP contribution is -2.12. The van der Waals surface area contributed by atoms with Crippen LogP contribution in [0.5, 0.6) is 0 Å². The molecular formula is C10H10INO. The molecule has 13 heavy (non-hydrogen) atoms. The lowest BCUT2D eigenvalue weighted by Gasteiger charge is -2.05. The Bertz CT molecular complexity index is 347. The third-order valence-corrected chi connectivity index (χ3v) is 2.45. The van der Waals surface area contributed by atoms with E-state index in [0.717, 1.165) is 9.26 Å². The minimum absolute atomic E-state index is 0.135. The van der Waals surface area contributed by atoms with Gasteiger partial charge in [-0.1, -0.05) is 18.7 Å². The molecule has 1 aromatic rings. The molecule has 0 aliphatic rings. The largest absolute Gasteiger partial charge is 0.321 e. The first-order chi connectivity index (χ1) is 6.11. The molecule has 0 saturated heterocycles. The Balaban J connectivity index is 2.81. The first-order valence-electron chi connectivity index (χ1n) is 3.82. The molecule has 2 nitrogen and oxygen atoms in total. The van der Waals surface area contributed by atoms with E-state index in [2.05, 4.69) is 34.5 Å². The fourth-order valence-corrected chi connectivity index (χ4v) is 1.31. The highest BCUT2D eigenvalue weighted by Gasteiger charge is 2.03. The van der Waals surface area contributed by atoms with Crippen LogP contribution in [0, 0.1) is 3.57 Å². The van der Waals surface area contributed by atoms with Gasteiger partial charge in [-0.05, 0) is 41.6 Å². The number of nitrogens with one attached hydrogen (secondary N) is 1. The molecule has 1 amide bonds. The molecule has 0 heterocycles. The normalized spacial score (nSPS) is 9.38. The summed E-state index contributed by atoms with van der Waals surface area (Å²) in [5, 5.41) is 2.76. The predicted octanol–water partition coefficient (Wildman–Crippen LogP) is 2.81. The maximum atomic E-state index is 11.3. The maximum Gasteiger partial charge on any atom is 0.250 e. The van der Waals surface area contributed by atoms with Crippen molar-refractivity contribution in [1.29, 1.82) is 0 Å². The number of halogens is 1. The highest BCUT2D eigenvalue weighted by atomic mass is 127. The number of rotatable bonds is 2. The summed E-state index contributed by atoms with van der Waals surface area (Å²) in [5.74, 6) is -0.135. The van der Waals surface area contributed by atoms with Gasteiger partial charge in [0.05, 0.1) is 5.69 Å². The summed E-state index contributed by atoms with van der Waals surface area (Å²) in [6.45, 7) is 5.25. The van der Waals surface area contributed by atoms with E-state index in [1.807, 2.05) is 24.3 Å². The van der Waals surface area contributed by atoms with Gasteiger partial charge in [0.2, 0.25) is 0 Å². The molecule has 1 aromatic carbocycles. The van der Waals surface area contributed by atoms with Crippen LogP contribution in [-0.4, -0.2) is 5.91 Å². The van der Waals surface area contributed by atoms with Crippen molar-refractivity contribution in [3.8, 4) is 0 Å². The van der Waals surface area contributed by atoms with Gasteiger partial charge in [-0.3, -0.25) is 4.79 Å². The van der Waals surface area contributed by atoms with Crippen LogP contribution >= 0.6 is 22.6 Å². The molecule has 3 heteroatoms. The Morgan fingerprint density at radius 2 is 2.08 bits per heavy atom. The second kappa shape index (κ2) is 4.41. The number of para-hydroxylation sites is 1. The topological polar surface area (TPSA) is 29.1 Å². The number of hydrogen-bond acceptors (Lipinski definition) is 1. The number of carbonyl (C=O) groups excluding carboxylic acids is 1. The van der Waals surface area contributed by atoms with Gasteiger partial charge in [0.1, 0.15) is 0 Å². The zero-order valence-corrected chi connectivity index (χ0v) is 9.46. The Labute approximate surface area is 91.2 Å². The number of carbonyl (C=O) groups is 1. The fraction of sp³-hybridized carbons (Fsp3) is 0.100. The Hall–Kier alpha value is -0.840. The Morgan fingerprint density at radius 3 is 2.62 bits per heavy atom. The summed E-state index contributed by atoms with van der Waals surface area (Å²) >= 11 is 2.17. The number of benzene rings is 1. The van der Waals surface area contributed by atoms with Gasteiger partial charge in [0.25, 0.3) is 5.91 Å². The SMILES string of the molecule is C=C(C)C(=O)Nc1ccccc1I. The lowest BCUT2D eigenvalue weighted by molar-refractivity contribution is -0.112. The zero-order chi connectivity index (χ0) is 9.84. The first kappa shape index (κ1) is 10.2. The average Bonchev–Trinajstić information content (AvgIpc) is 2.08. The quantitative estimate of drug-likeness (QED) is 0.657. The van der Waals surface area contributed by atoms with E-state index >= 15 is 0 Å². The van der Waals surface area contributed by atoms with Gasteiger partial charge in [0.15, 0.2) is 0 Å². The van der Waals surface area contributed by atoms with E-state index in [9.17, 15) is 4.79 Å². The van der Waals surface area contributed by atoms with Crippen LogP contribution in [0.25, 0.3) is 0 Å². The smallest absolute Gasteiger partial charge is 0.250 e. The zero-order valence-electron chi connectivity index (χ0n) is 7.30. The van der Waals surface area contributed by atoms with Crippen LogP contribution < -0.4 is 5.32 Å². The van der Waals surface area contributed by atoms with Crippen molar-refractivity contribution in [3.05, 3.63) is 40.0 Å². The van der Waals surface area contributed by atoms with E-state index in [0.29, 0.717) is 5.57 Å². The molecule has 0 spiro atoms. The number of anilines is 1. The third kappa shape index (κ3) is 2.84. The van der Waals surface area contributed by atoms with Crippen molar-refractivity contribution < 1.29 is 4.79 Å². The summed E-state index contributed by atoms with van der Waals surface area (Å²) in [6.07, 6.45) is 0. The Morgan fingerprint density at radius 1 is 1.46 bits per heavy atom. The van der Waals surface area contributed by atoms with Crippen molar-refractivity contribution >= 4 is 34.2 Å². The number of amides is 1. The summed E-state index contributed by atoms with van der Waals surface area (Å²) in [7, 11) is 0. The average molecular weight is 287 g/mol. The van der Waals surface area contributed by atoms with E-state index in [4.69, 9.17) is 0 Å². The van der Waals surface area contributed by atoms with Gasteiger partial charge in [-0.25, -0.2) is 0 Å². The summed E-state index contributed by atoms with van der Waals surface area (Å²) < 4.78 is 1.02. The van der Waals surface area contributed by atoms with Gasteiger partial charge >= 0.3 is 0 Å². The lowest BCUT2D eigenvalue weighted by atomic mass is 10.3. The standard InChI is InChI=1S/C10H10INO/c1-7(2)10(13)12-9-6-4-3-5-8(9)11/h3-6H,1H2,2H3,(H,12,13). The van der Waals surface area contributed by atoms with Crippen LogP contribution in [0.1, 0.15) is 6.92 Å². The summed E-state index contributed by atoms with van der Waals surface area (Å²) in [5.41, 5.74) is 1.34. The van der Waals surface area contributed by atoms with Crippen molar-refractivity contribution in [2.75, 3.05) is 5.32 Å². The molecule has 0 aromatic heterocycles. The van der Waals surface area contributed by atoms with Crippen molar-refractivity contribution in [1.82, 2.24) is 0 Å². The van der Waals surface area contributed by atoms with Crippen LogP contribution in [0.3, 0.4) is 0 Å². The van der Waals surface area contributed by atoms with Gasteiger partial charge < -0.3 is 5.32 Å². The fourth-order valence-electron chi connectivity index (χ4n) is 0.792. The molecule has 0 atom stereocenters. The highest BCUT2D eigenvalue weighted by molar-refractivity contribution is 14.1. The third-order valence-electron chi connectivity index (χ3n) is 1.51. The van der Waals surface area contributed by atoms with Crippen LogP contribution in [-0.2, 0) is 4.79 Å². The van der Waals surface area contributed by atoms with Crippen molar-refractivity contribution in [2.45, 2.75) is 6.92 Å². The molecule has 0 fully saturated rings. The van der Waals surface area contributed by atoms with E-state index < -0.39 is 0 Å². The molecule has 0 unspecified atom stereocenters. The molecule has 1 rings (SSSR count).